The largest absolute Gasteiger partial charge is 0.316 e. The van der Waals surface area contributed by atoms with Crippen LogP contribution in [0.2, 0.25) is 0 Å². The third kappa shape index (κ3) is 5.63. The van der Waals surface area contributed by atoms with E-state index < -0.39 is 20.0 Å². The van der Waals surface area contributed by atoms with Crippen molar-refractivity contribution in [1.29, 1.82) is 0 Å². The second-order valence-corrected chi connectivity index (χ2v) is 9.99. The molecular weight excluding hydrogens is 386 g/mol. The molecule has 1 aromatic carbocycles. The molecule has 7 nitrogen and oxygen atoms in total. The van der Waals surface area contributed by atoms with E-state index in [2.05, 4.69) is 10.0 Å². The van der Waals surface area contributed by atoms with Crippen LogP contribution in [0.3, 0.4) is 0 Å². The van der Waals surface area contributed by atoms with Crippen molar-refractivity contribution in [1.82, 2.24) is 14.3 Å². The second kappa shape index (κ2) is 9.29. The number of hydrogen-bond acceptors (Lipinski definition) is 5. The van der Waals surface area contributed by atoms with Crippen LogP contribution in [0, 0.1) is 5.92 Å². The standard InChI is InChI=1S/C15H25N3O4S2.ClH/c1-18(2)24(21,22)15-8-4-3-7-14(15)23(19,20)17-11-9-13-6-5-10-16-12-13;/h3-4,7-8,13,16-17H,5-6,9-12H2,1-2H3;1H. The lowest BCUT2D eigenvalue weighted by molar-refractivity contribution is 0.358. The van der Waals surface area contributed by atoms with Gasteiger partial charge < -0.3 is 5.32 Å². The SMILES string of the molecule is CN(C)S(=O)(=O)c1ccccc1S(=O)(=O)NCCC1CCCNC1.Cl. The quantitative estimate of drug-likeness (QED) is 0.698. The number of halogens is 1. The van der Waals surface area contributed by atoms with Crippen molar-refractivity contribution in [3.8, 4) is 0 Å². The van der Waals surface area contributed by atoms with Crippen molar-refractivity contribution in [3.05, 3.63) is 24.3 Å². The van der Waals surface area contributed by atoms with Crippen molar-refractivity contribution < 1.29 is 16.8 Å². The number of nitrogens with one attached hydrogen (secondary N) is 2. The molecule has 25 heavy (non-hydrogen) atoms. The molecule has 1 fully saturated rings. The maximum atomic E-state index is 12.6. The molecule has 2 rings (SSSR count). The molecule has 1 aliphatic heterocycles. The van der Waals surface area contributed by atoms with Gasteiger partial charge in [0.2, 0.25) is 20.0 Å². The summed E-state index contributed by atoms with van der Waals surface area (Å²) in [7, 11) is -4.96. The van der Waals surface area contributed by atoms with Gasteiger partial charge in [-0.25, -0.2) is 25.9 Å². The Kier molecular flexibility index (Phi) is 8.30. The van der Waals surface area contributed by atoms with E-state index in [9.17, 15) is 16.8 Å². The number of benzene rings is 1. The van der Waals surface area contributed by atoms with Crippen molar-refractivity contribution in [2.75, 3.05) is 33.7 Å². The molecule has 0 bridgehead atoms. The Balaban J connectivity index is 0.00000312. The zero-order chi connectivity index (χ0) is 17.8. The zero-order valence-corrected chi connectivity index (χ0v) is 16.9. The van der Waals surface area contributed by atoms with Crippen LogP contribution >= 0.6 is 12.4 Å². The van der Waals surface area contributed by atoms with Crippen LogP contribution in [-0.2, 0) is 20.0 Å². The molecule has 1 aliphatic rings. The van der Waals surface area contributed by atoms with E-state index >= 15 is 0 Å². The van der Waals surface area contributed by atoms with E-state index in [0.717, 1.165) is 36.7 Å². The number of hydrogen-bond donors (Lipinski definition) is 2. The van der Waals surface area contributed by atoms with E-state index in [1.165, 1.54) is 38.4 Å². The summed E-state index contributed by atoms with van der Waals surface area (Å²) in [4.78, 5) is -0.415. The van der Waals surface area contributed by atoms with Crippen LogP contribution in [0.4, 0.5) is 0 Å². The average molecular weight is 412 g/mol. The topological polar surface area (TPSA) is 95.6 Å². The Bertz CT molecular complexity index is 761. The van der Waals surface area contributed by atoms with Gasteiger partial charge in [-0.1, -0.05) is 12.1 Å². The summed E-state index contributed by atoms with van der Waals surface area (Å²) in [5, 5.41) is 3.29. The highest BCUT2D eigenvalue weighted by Crippen LogP contribution is 2.23. The second-order valence-electron chi connectivity index (χ2n) is 6.13. The van der Waals surface area contributed by atoms with Gasteiger partial charge in [-0.2, -0.15) is 0 Å². The summed E-state index contributed by atoms with van der Waals surface area (Å²) in [6.45, 7) is 2.20. The molecule has 10 heteroatoms. The van der Waals surface area contributed by atoms with Crippen molar-refractivity contribution in [3.63, 3.8) is 0 Å². The predicted molar refractivity (Wildman–Crippen MR) is 100.0 cm³/mol. The summed E-state index contributed by atoms with van der Waals surface area (Å²) in [5.41, 5.74) is 0. The minimum Gasteiger partial charge on any atom is -0.316 e. The fraction of sp³-hybridized carbons (Fsp3) is 0.600. The molecule has 0 saturated carbocycles. The lowest BCUT2D eigenvalue weighted by Crippen LogP contribution is -2.34. The number of piperidine rings is 1. The number of sulfonamides is 2. The summed E-state index contributed by atoms with van der Waals surface area (Å²) in [6, 6.07) is 5.67. The molecule has 0 amide bonds. The van der Waals surface area contributed by atoms with E-state index in [-0.39, 0.29) is 22.2 Å². The summed E-state index contributed by atoms with van der Waals surface area (Å²) in [5.74, 6) is 0.446. The Morgan fingerprint density at radius 2 is 1.80 bits per heavy atom. The third-order valence-electron chi connectivity index (χ3n) is 4.14. The molecular formula is C15H26ClN3O4S2. The van der Waals surface area contributed by atoms with E-state index in [4.69, 9.17) is 0 Å². The van der Waals surface area contributed by atoms with Crippen molar-refractivity contribution in [2.45, 2.75) is 29.1 Å². The molecule has 0 aromatic heterocycles. The smallest absolute Gasteiger partial charge is 0.243 e. The Hall–Kier alpha value is -0.710. The van der Waals surface area contributed by atoms with Gasteiger partial charge in [0.1, 0.15) is 9.79 Å². The van der Waals surface area contributed by atoms with Crippen molar-refractivity contribution in [2.24, 2.45) is 5.92 Å². The average Bonchev–Trinajstić information content (AvgIpc) is 2.55. The first-order valence-electron chi connectivity index (χ1n) is 7.97. The summed E-state index contributed by atoms with van der Waals surface area (Å²) in [6.07, 6.45) is 2.91. The molecule has 1 heterocycles. The molecule has 0 spiro atoms. The maximum absolute atomic E-state index is 12.6. The normalized spacial score (nSPS) is 18.8. The first-order chi connectivity index (χ1) is 11.2. The first kappa shape index (κ1) is 22.3. The van der Waals surface area contributed by atoms with Crippen molar-refractivity contribution >= 4 is 32.5 Å². The molecule has 2 N–H and O–H groups in total. The first-order valence-corrected chi connectivity index (χ1v) is 10.9. The Morgan fingerprint density at radius 1 is 1.16 bits per heavy atom. The minimum atomic E-state index is -3.88. The third-order valence-corrected chi connectivity index (χ3v) is 7.66. The minimum absolute atomic E-state index is 0. The zero-order valence-electron chi connectivity index (χ0n) is 14.4. The van der Waals surface area contributed by atoms with Gasteiger partial charge in [0.15, 0.2) is 0 Å². The van der Waals surface area contributed by atoms with Crippen LogP contribution in [0.5, 0.6) is 0 Å². The molecule has 0 aliphatic carbocycles. The van der Waals surface area contributed by atoms with Gasteiger partial charge in [0.25, 0.3) is 0 Å². The fourth-order valence-electron chi connectivity index (χ4n) is 2.73. The summed E-state index contributed by atoms with van der Waals surface area (Å²) < 4.78 is 53.3. The highest BCUT2D eigenvalue weighted by Gasteiger charge is 2.27. The summed E-state index contributed by atoms with van der Waals surface area (Å²) >= 11 is 0. The fourth-order valence-corrected chi connectivity index (χ4v) is 5.47. The van der Waals surface area contributed by atoms with Gasteiger partial charge in [0, 0.05) is 20.6 Å². The highest BCUT2D eigenvalue weighted by atomic mass is 35.5. The molecule has 1 atom stereocenters. The lowest BCUT2D eigenvalue weighted by atomic mass is 9.96. The molecule has 1 aromatic rings. The lowest BCUT2D eigenvalue weighted by Gasteiger charge is -2.22. The van der Waals surface area contributed by atoms with E-state index in [0.29, 0.717) is 12.5 Å². The van der Waals surface area contributed by atoms with Crippen LogP contribution in [0.25, 0.3) is 0 Å². The van der Waals surface area contributed by atoms with E-state index in [1.54, 1.807) is 0 Å². The molecule has 0 radical (unpaired) electrons. The predicted octanol–water partition coefficient (Wildman–Crippen LogP) is 1.03. The number of rotatable bonds is 7. The highest BCUT2D eigenvalue weighted by molar-refractivity contribution is 7.92. The molecule has 144 valence electrons. The van der Waals surface area contributed by atoms with Gasteiger partial charge in [-0.05, 0) is 50.4 Å². The van der Waals surface area contributed by atoms with Gasteiger partial charge in [-0.15, -0.1) is 12.4 Å². The monoisotopic (exact) mass is 411 g/mol. The van der Waals surface area contributed by atoms with Gasteiger partial charge in [0.05, 0.1) is 0 Å². The Morgan fingerprint density at radius 3 is 2.36 bits per heavy atom. The van der Waals surface area contributed by atoms with Gasteiger partial charge >= 0.3 is 0 Å². The van der Waals surface area contributed by atoms with Crippen LogP contribution < -0.4 is 10.0 Å². The van der Waals surface area contributed by atoms with E-state index in [1.807, 2.05) is 0 Å². The van der Waals surface area contributed by atoms with Gasteiger partial charge in [-0.3, -0.25) is 0 Å². The maximum Gasteiger partial charge on any atom is 0.243 e. The van der Waals surface area contributed by atoms with Crippen LogP contribution in [0.15, 0.2) is 34.1 Å². The Labute approximate surface area is 156 Å². The molecule has 1 saturated heterocycles. The van der Waals surface area contributed by atoms with Crippen LogP contribution in [-0.4, -0.2) is 54.9 Å². The van der Waals surface area contributed by atoms with Crippen LogP contribution in [0.1, 0.15) is 19.3 Å². The number of nitrogens with zero attached hydrogens (tertiary/aromatic N) is 1. The molecule has 1 unspecified atom stereocenters.